The van der Waals surface area contributed by atoms with Crippen molar-refractivity contribution in [3.8, 4) is 45.5 Å². The van der Waals surface area contributed by atoms with Gasteiger partial charge < -0.3 is 13.6 Å². The molecule has 12 aromatic rings. The first-order valence-electron chi connectivity index (χ1n) is 19.1. The Balaban J connectivity index is 1.16. The highest BCUT2D eigenvalue weighted by molar-refractivity contribution is 6.26. The summed E-state index contributed by atoms with van der Waals surface area (Å²) in [7, 11) is 0. The van der Waals surface area contributed by atoms with Crippen LogP contribution in [0.5, 0.6) is 0 Å². The van der Waals surface area contributed by atoms with E-state index in [4.69, 9.17) is 19.4 Å². The number of para-hydroxylation sites is 4. The van der Waals surface area contributed by atoms with Gasteiger partial charge in [0.15, 0.2) is 17.5 Å². The lowest BCUT2D eigenvalue weighted by molar-refractivity contribution is 0.669. The average Bonchev–Trinajstić information content (AvgIpc) is 3.94. The Bertz CT molecular complexity index is 3470. The van der Waals surface area contributed by atoms with Crippen LogP contribution in [0.2, 0.25) is 0 Å². The Morgan fingerprint density at radius 3 is 1.70 bits per heavy atom. The Morgan fingerprint density at radius 1 is 0.368 bits per heavy atom. The maximum atomic E-state index is 6.27. The number of hydrogen-bond acceptors (Lipinski definition) is 4. The first-order valence-corrected chi connectivity index (χ1v) is 19.1. The predicted molar refractivity (Wildman–Crippen MR) is 232 cm³/mol. The lowest BCUT2D eigenvalue weighted by atomic mass is 10.1. The van der Waals surface area contributed by atoms with Gasteiger partial charge in [0, 0.05) is 54.7 Å². The molecule has 0 aliphatic carbocycles. The summed E-state index contributed by atoms with van der Waals surface area (Å²) in [6.45, 7) is 0. The number of furan rings is 1. The molecule has 57 heavy (non-hydrogen) atoms. The molecule has 0 fully saturated rings. The van der Waals surface area contributed by atoms with Crippen LogP contribution in [0.3, 0.4) is 0 Å². The number of benzene rings is 8. The average molecular weight is 730 g/mol. The normalized spacial score (nSPS) is 11.9. The number of hydrogen-bond donors (Lipinski definition) is 0. The summed E-state index contributed by atoms with van der Waals surface area (Å²) >= 11 is 0. The second-order valence-corrected chi connectivity index (χ2v) is 14.4. The van der Waals surface area contributed by atoms with Gasteiger partial charge in [0.1, 0.15) is 11.2 Å². The largest absolute Gasteiger partial charge is 0.456 e. The van der Waals surface area contributed by atoms with Crippen LogP contribution in [0.25, 0.3) is 111 Å². The van der Waals surface area contributed by atoms with E-state index in [9.17, 15) is 0 Å². The minimum Gasteiger partial charge on any atom is -0.456 e. The zero-order chi connectivity index (χ0) is 37.5. The summed E-state index contributed by atoms with van der Waals surface area (Å²) in [5, 5.41) is 6.95. The van der Waals surface area contributed by atoms with Gasteiger partial charge in [-0.1, -0.05) is 133 Å². The number of nitrogens with zero attached hydrogens (tertiary/aromatic N) is 5. The van der Waals surface area contributed by atoms with E-state index in [1.807, 2.05) is 72.8 Å². The molecule has 6 heteroatoms. The molecule has 0 bridgehead atoms. The quantitative estimate of drug-likeness (QED) is 0.177. The van der Waals surface area contributed by atoms with E-state index in [0.717, 1.165) is 77.5 Å². The van der Waals surface area contributed by atoms with E-state index in [-0.39, 0.29) is 0 Å². The molecule has 4 heterocycles. The molecule has 0 aliphatic rings. The van der Waals surface area contributed by atoms with Crippen molar-refractivity contribution in [3.05, 3.63) is 188 Å². The molecule has 0 N–H and O–H groups in total. The summed E-state index contributed by atoms with van der Waals surface area (Å²) in [5.74, 6) is 1.87. The fraction of sp³-hybridized carbons (Fsp3) is 0. The van der Waals surface area contributed by atoms with Gasteiger partial charge in [-0.2, -0.15) is 0 Å². The van der Waals surface area contributed by atoms with Crippen LogP contribution in [0.15, 0.2) is 192 Å². The minimum absolute atomic E-state index is 0.611. The van der Waals surface area contributed by atoms with Gasteiger partial charge in [-0.05, 0) is 54.6 Å². The first kappa shape index (κ1) is 31.5. The van der Waals surface area contributed by atoms with E-state index < -0.39 is 0 Å². The Hall–Kier alpha value is -7.83. The minimum atomic E-state index is 0.611. The molecule has 0 amide bonds. The summed E-state index contributed by atoms with van der Waals surface area (Å²) in [5.41, 5.74) is 11.1. The molecule has 0 radical (unpaired) electrons. The lowest BCUT2D eigenvalue weighted by Gasteiger charge is -2.14. The van der Waals surface area contributed by atoms with Crippen molar-refractivity contribution in [2.24, 2.45) is 0 Å². The van der Waals surface area contributed by atoms with Crippen LogP contribution in [-0.4, -0.2) is 24.1 Å². The fourth-order valence-electron chi connectivity index (χ4n) is 8.68. The molecule has 0 atom stereocenters. The van der Waals surface area contributed by atoms with E-state index in [0.29, 0.717) is 17.5 Å². The molecule has 266 valence electrons. The van der Waals surface area contributed by atoms with Crippen molar-refractivity contribution >= 4 is 65.6 Å². The molecular weight excluding hydrogens is 699 g/mol. The summed E-state index contributed by atoms with van der Waals surface area (Å²) in [4.78, 5) is 15.3. The molecule has 4 aromatic heterocycles. The fourth-order valence-corrected chi connectivity index (χ4v) is 8.68. The number of aromatic nitrogens is 5. The summed E-state index contributed by atoms with van der Waals surface area (Å²) in [6, 6.07) is 65.5. The zero-order valence-electron chi connectivity index (χ0n) is 30.5. The molecular formula is C51H31N5O. The third-order valence-electron chi connectivity index (χ3n) is 11.2. The van der Waals surface area contributed by atoms with Crippen molar-refractivity contribution in [2.45, 2.75) is 0 Å². The highest BCUT2D eigenvalue weighted by atomic mass is 16.3. The SMILES string of the molecule is c1ccc(-c2nc(-c3ccccc3)nc(-c3ccccc3-n3c4ccccc4c4c3ccc3c5ccccc5n(-c5ccc6oc7ccccc7c6c5)c34)n2)cc1. The first-order chi connectivity index (χ1) is 28.3. The van der Waals surface area contributed by atoms with E-state index in [1.54, 1.807) is 0 Å². The van der Waals surface area contributed by atoms with Crippen LogP contribution >= 0.6 is 0 Å². The van der Waals surface area contributed by atoms with Gasteiger partial charge in [0.25, 0.3) is 0 Å². The second-order valence-electron chi connectivity index (χ2n) is 14.4. The Labute approximate surface area is 326 Å². The molecule has 8 aromatic carbocycles. The molecule has 0 aliphatic heterocycles. The molecule has 0 unspecified atom stereocenters. The Kier molecular flexibility index (Phi) is 6.83. The highest BCUT2D eigenvalue weighted by Crippen LogP contribution is 2.44. The van der Waals surface area contributed by atoms with Gasteiger partial charge in [0.05, 0.1) is 27.8 Å². The van der Waals surface area contributed by atoms with Gasteiger partial charge in [-0.25, -0.2) is 15.0 Å². The third-order valence-corrected chi connectivity index (χ3v) is 11.2. The molecule has 6 nitrogen and oxygen atoms in total. The van der Waals surface area contributed by atoms with Crippen LogP contribution in [0.4, 0.5) is 0 Å². The summed E-state index contributed by atoms with van der Waals surface area (Å²) < 4.78 is 11.1. The van der Waals surface area contributed by atoms with Gasteiger partial charge >= 0.3 is 0 Å². The maximum absolute atomic E-state index is 6.27. The van der Waals surface area contributed by atoms with E-state index in [2.05, 4.69) is 124 Å². The predicted octanol–water partition coefficient (Wildman–Crippen LogP) is 13.0. The zero-order valence-corrected chi connectivity index (χ0v) is 30.5. The van der Waals surface area contributed by atoms with Crippen molar-refractivity contribution in [2.75, 3.05) is 0 Å². The van der Waals surface area contributed by atoms with Crippen molar-refractivity contribution < 1.29 is 4.42 Å². The monoisotopic (exact) mass is 729 g/mol. The molecule has 12 rings (SSSR count). The van der Waals surface area contributed by atoms with Gasteiger partial charge in [0.2, 0.25) is 0 Å². The Morgan fingerprint density at radius 2 is 0.947 bits per heavy atom. The topological polar surface area (TPSA) is 61.7 Å². The van der Waals surface area contributed by atoms with Crippen LogP contribution in [0.1, 0.15) is 0 Å². The van der Waals surface area contributed by atoms with Gasteiger partial charge in [-0.3, -0.25) is 0 Å². The second kappa shape index (κ2) is 12.3. The van der Waals surface area contributed by atoms with Crippen LogP contribution < -0.4 is 0 Å². The number of fused-ring (bicyclic) bond motifs is 10. The maximum Gasteiger partial charge on any atom is 0.166 e. The molecule has 0 spiro atoms. The van der Waals surface area contributed by atoms with E-state index in [1.165, 1.54) is 16.2 Å². The molecule has 0 saturated heterocycles. The lowest BCUT2D eigenvalue weighted by Crippen LogP contribution is -2.03. The smallest absolute Gasteiger partial charge is 0.166 e. The van der Waals surface area contributed by atoms with Crippen LogP contribution in [0, 0.1) is 0 Å². The van der Waals surface area contributed by atoms with Crippen molar-refractivity contribution in [3.63, 3.8) is 0 Å². The highest BCUT2D eigenvalue weighted by Gasteiger charge is 2.23. The van der Waals surface area contributed by atoms with Gasteiger partial charge in [-0.15, -0.1) is 0 Å². The van der Waals surface area contributed by atoms with Crippen molar-refractivity contribution in [1.82, 2.24) is 24.1 Å². The standard InChI is InChI=1S/C51H31N5O/c1-3-15-32(16-4-1)49-52-50(33-17-5-2-6-18-33)54-51(53-49)39-22-9-13-25-43(39)56-42-24-12-8-21-38(42)47-44(56)29-28-37-35-19-7-11-23-41(35)55(48(37)47)34-27-30-46-40(31-34)36-20-10-14-26-45(36)57-46/h1-31H. The van der Waals surface area contributed by atoms with E-state index >= 15 is 0 Å². The van der Waals surface area contributed by atoms with Crippen molar-refractivity contribution in [1.29, 1.82) is 0 Å². The number of rotatable bonds is 5. The molecule has 0 saturated carbocycles. The van der Waals surface area contributed by atoms with Crippen LogP contribution in [-0.2, 0) is 0 Å². The third kappa shape index (κ3) is 4.81. The summed E-state index contributed by atoms with van der Waals surface area (Å²) in [6.07, 6.45) is 0.